The number of hydrogen-bond acceptors (Lipinski definition) is 2. The lowest BCUT2D eigenvalue weighted by molar-refractivity contribution is -0.453. The summed E-state index contributed by atoms with van der Waals surface area (Å²) < 4.78 is 214. The monoisotopic (exact) mass is 514 g/mol. The average Bonchev–Trinajstić information content (AvgIpc) is 2.63. The summed E-state index contributed by atoms with van der Waals surface area (Å²) >= 11 is 0. The Bertz CT molecular complexity index is 626. The van der Waals surface area contributed by atoms with Crippen LogP contribution in [0.15, 0.2) is 0 Å². The molecule has 0 radical (unpaired) electrons. The van der Waals surface area contributed by atoms with Gasteiger partial charge in [-0.2, -0.15) is 70.2 Å². The van der Waals surface area contributed by atoms with Crippen LogP contribution in [0.5, 0.6) is 0 Å². The van der Waals surface area contributed by atoms with Crippen molar-refractivity contribution in [2.45, 2.75) is 73.1 Å². The van der Waals surface area contributed by atoms with Gasteiger partial charge in [0.2, 0.25) is 0 Å². The Labute approximate surface area is 166 Å². The molecular weight excluding hydrogens is 504 g/mol. The standard InChI is InChI=1S/C14H10F16O2/c15-7(16,3-1-5-31)9(19,20)11(23,24)13(27,28)14(29,30)12(25,26)10(21,22)8(17,18)4-2-6-32/h5-6H,1-4H2. The maximum atomic E-state index is 13.5. The molecule has 0 bridgehead atoms. The second kappa shape index (κ2) is 8.53. The quantitative estimate of drug-likeness (QED) is 0.222. The summed E-state index contributed by atoms with van der Waals surface area (Å²) in [6, 6.07) is 0. The van der Waals surface area contributed by atoms with Crippen molar-refractivity contribution < 1.29 is 79.8 Å². The number of carbonyl (C=O) groups is 2. The molecule has 0 aromatic heterocycles. The van der Waals surface area contributed by atoms with Crippen LogP contribution in [0.4, 0.5) is 70.2 Å². The van der Waals surface area contributed by atoms with Gasteiger partial charge in [-0.3, -0.25) is 0 Å². The predicted molar refractivity (Wildman–Crippen MR) is 70.2 cm³/mol. The first kappa shape index (κ1) is 30.2. The lowest BCUT2D eigenvalue weighted by Crippen LogP contribution is -2.74. The van der Waals surface area contributed by atoms with Crippen LogP contribution in [-0.4, -0.2) is 60.0 Å². The van der Waals surface area contributed by atoms with Crippen molar-refractivity contribution in [3.63, 3.8) is 0 Å². The first-order valence-electron chi connectivity index (χ1n) is 7.77. The van der Waals surface area contributed by atoms with Gasteiger partial charge in [-0.15, -0.1) is 0 Å². The molecule has 0 unspecified atom stereocenters. The van der Waals surface area contributed by atoms with Crippen molar-refractivity contribution in [1.29, 1.82) is 0 Å². The van der Waals surface area contributed by atoms with Gasteiger partial charge in [0.25, 0.3) is 0 Å². The lowest BCUT2D eigenvalue weighted by atomic mass is 9.86. The highest BCUT2D eigenvalue weighted by molar-refractivity contribution is 5.49. The molecule has 0 aliphatic rings. The summed E-state index contributed by atoms with van der Waals surface area (Å²) in [7, 11) is 0. The molecule has 0 fully saturated rings. The van der Waals surface area contributed by atoms with E-state index in [0.29, 0.717) is 0 Å². The topological polar surface area (TPSA) is 34.1 Å². The fourth-order valence-corrected chi connectivity index (χ4v) is 2.04. The van der Waals surface area contributed by atoms with Crippen molar-refractivity contribution in [3.05, 3.63) is 0 Å². The molecule has 0 atom stereocenters. The number of alkyl halides is 16. The van der Waals surface area contributed by atoms with Gasteiger partial charge in [0.05, 0.1) is 0 Å². The first-order valence-corrected chi connectivity index (χ1v) is 7.77. The van der Waals surface area contributed by atoms with Gasteiger partial charge in [-0.05, 0) is 0 Å². The van der Waals surface area contributed by atoms with Crippen molar-refractivity contribution in [2.24, 2.45) is 0 Å². The Kier molecular flexibility index (Phi) is 8.06. The first-order chi connectivity index (χ1) is 13.9. The van der Waals surface area contributed by atoms with E-state index in [2.05, 4.69) is 0 Å². The van der Waals surface area contributed by atoms with Gasteiger partial charge >= 0.3 is 47.4 Å². The smallest absolute Gasteiger partial charge is 0.303 e. The SMILES string of the molecule is O=CCCC(F)(F)C(F)(F)C(F)(F)C(F)(F)C(F)(F)C(F)(F)C(F)(F)C(F)(F)CCC=O. The Hall–Kier alpha value is -1.78. The molecule has 0 aliphatic heterocycles. The van der Waals surface area contributed by atoms with E-state index in [1.54, 1.807) is 0 Å². The van der Waals surface area contributed by atoms with Gasteiger partial charge in [-0.1, -0.05) is 0 Å². The summed E-state index contributed by atoms with van der Waals surface area (Å²) in [6.45, 7) is 0. The number of carbonyl (C=O) groups excluding carboxylic acids is 2. The van der Waals surface area contributed by atoms with E-state index in [4.69, 9.17) is 0 Å². The fourth-order valence-electron chi connectivity index (χ4n) is 2.04. The zero-order valence-corrected chi connectivity index (χ0v) is 14.8. The Morgan fingerprint density at radius 1 is 0.375 bits per heavy atom. The molecule has 0 saturated heterocycles. The lowest BCUT2D eigenvalue weighted by Gasteiger charge is -2.43. The molecule has 0 heterocycles. The minimum atomic E-state index is -8.48. The third kappa shape index (κ3) is 4.12. The summed E-state index contributed by atoms with van der Waals surface area (Å²) in [6.07, 6.45) is -10.2. The van der Waals surface area contributed by atoms with Crippen LogP contribution < -0.4 is 0 Å². The normalized spacial score (nSPS) is 15.6. The number of hydrogen-bond donors (Lipinski definition) is 0. The molecule has 190 valence electrons. The average molecular weight is 514 g/mol. The zero-order valence-electron chi connectivity index (χ0n) is 14.8. The van der Waals surface area contributed by atoms with Crippen LogP contribution >= 0.6 is 0 Å². The molecule has 18 heteroatoms. The van der Waals surface area contributed by atoms with Crippen LogP contribution in [0.2, 0.25) is 0 Å². The Morgan fingerprint density at radius 2 is 0.562 bits per heavy atom. The number of aldehydes is 2. The maximum Gasteiger partial charge on any atom is 0.384 e. The molecule has 0 amide bonds. The predicted octanol–water partition coefficient (Wildman–Crippen LogP) is 6.03. The van der Waals surface area contributed by atoms with Gasteiger partial charge in [0, 0.05) is 25.7 Å². The molecular formula is C14H10F16O2. The van der Waals surface area contributed by atoms with Gasteiger partial charge in [-0.25, -0.2) is 0 Å². The fraction of sp³-hybridized carbons (Fsp3) is 0.857. The molecule has 0 aliphatic carbocycles. The van der Waals surface area contributed by atoms with E-state index in [-0.39, 0.29) is 0 Å². The molecule has 0 saturated carbocycles. The van der Waals surface area contributed by atoms with Crippen LogP contribution in [0.1, 0.15) is 25.7 Å². The summed E-state index contributed by atoms with van der Waals surface area (Å²) in [5.74, 6) is -61.7. The second-order valence-electron chi connectivity index (χ2n) is 6.27. The highest BCUT2D eigenvalue weighted by atomic mass is 19.4. The maximum absolute atomic E-state index is 13.5. The highest BCUT2D eigenvalue weighted by Gasteiger charge is 2.94. The Balaban J connectivity index is 6.64. The third-order valence-corrected chi connectivity index (χ3v) is 4.04. The molecule has 0 N–H and O–H groups in total. The van der Waals surface area contributed by atoms with Crippen LogP contribution in [0.3, 0.4) is 0 Å². The summed E-state index contributed by atoms with van der Waals surface area (Å²) in [5, 5.41) is 0. The van der Waals surface area contributed by atoms with Gasteiger partial charge in [0.1, 0.15) is 12.6 Å². The molecule has 0 aromatic carbocycles. The molecule has 0 spiro atoms. The summed E-state index contributed by atoms with van der Waals surface area (Å²) in [5.41, 5.74) is 0. The Morgan fingerprint density at radius 3 is 0.750 bits per heavy atom. The van der Waals surface area contributed by atoms with Crippen molar-refractivity contribution in [2.75, 3.05) is 0 Å². The van der Waals surface area contributed by atoms with E-state index < -0.39 is 85.6 Å². The van der Waals surface area contributed by atoms with E-state index in [1.165, 1.54) is 0 Å². The van der Waals surface area contributed by atoms with E-state index >= 15 is 0 Å². The summed E-state index contributed by atoms with van der Waals surface area (Å²) in [4.78, 5) is 19.8. The highest BCUT2D eigenvalue weighted by Crippen LogP contribution is 2.64. The van der Waals surface area contributed by atoms with Crippen molar-refractivity contribution >= 4 is 12.6 Å². The van der Waals surface area contributed by atoms with Crippen LogP contribution in [0, 0.1) is 0 Å². The largest absolute Gasteiger partial charge is 0.384 e. The van der Waals surface area contributed by atoms with Crippen LogP contribution in [-0.2, 0) is 9.59 Å². The molecule has 32 heavy (non-hydrogen) atoms. The minimum Gasteiger partial charge on any atom is -0.303 e. The van der Waals surface area contributed by atoms with Crippen molar-refractivity contribution in [1.82, 2.24) is 0 Å². The van der Waals surface area contributed by atoms with Crippen molar-refractivity contribution in [3.8, 4) is 0 Å². The van der Waals surface area contributed by atoms with Gasteiger partial charge in [0.15, 0.2) is 0 Å². The minimum absolute atomic E-state index is 0.634. The number of rotatable bonds is 13. The van der Waals surface area contributed by atoms with Crippen LogP contribution in [0.25, 0.3) is 0 Å². The van der Waals surface area contributed by atoms with E-state index in [0.717, 1.165) is 0 Å². The number of halogens is 16. The van der Waals surface area contributed by atoms with E-state index in [1.807, 2.05) is 0 Å². The van der Waals surface area contributed by atoms with Gasteiger partial charge < -0.3 is 9.59 Å². The van der Waals surface area contributed by atoms with E-state index in [9.17, 15) is 79.8 Å². The molecule has 0 rings (SSSR count). The molecule has 2 nitrogen and oxygen atoms in total. The zero-order chi connectivity index (χ0) is 26.2. The third-order valence-electron chi connectivity index (χ3n) is 4.04. The second-order valence-corrected chi connectivity index (χ2v) is 6.27. The molecule has 0 aromatic rings.